The molecule has 0 saturated heterocycles. The highest BCUT2D eigenvalue weighted by molar-refractivity contribution is 7.85. The first-order valence-corrected chi connectivity index (χ1v) is 13.7. The maximum Gasteiger partial charge on any atom is 0.217 e. The molecule has 0 bridgehead atoms. The molecular weight excluding hydrogens is 449 g/mol. The second kappa shape index (κ2) is 9.32. The van der Waals surface area contributed by atoms with Gasteiger partial charge in [0.05, 0.1) is 6.04 Å². The van der Waals surface area contributed by atoms with Crippen LogP contribution in [0.4, 0.5) is 0 Å². The molecule has 0 aliphatic carbocycles. The number of ether oxygens (including phenoxy) is 1. The summed E-state index contributed by atoms with van der Waals surface area (Å²) in [6.45, 7) is 7.13. The summed E-state index contributed by atoms with van der Waals surface area (Å²) < 4.78 is 21.3. The van der Waals surface area contributed by atoms with E-state index in [1.807, 2.05) is 97.1 Å². The van der Waals surface area contributed by atoms with E-state index in [0.717, 1.165) is 32.6 Å². The van der Waals surface area contributed by atoms with Crippen molar-refractivity contribution in [1.29, 1.82) is 0 Å². The Labute approximate surface area is 207 Å². The zero-order chi connectivity index (χ0) is 24.5. The topological polar surface area (TPSA) is 38.7 Å². The van der Waals surface area contributed by atoms with Gasteiger partial charge in [0.15, 0.2) is 7.14 Å². The van der Waals surface area contributed by atoms with E-state index in [-0.39, 0.29) is 11.5 Å². The van der Waals surface area contributed by atoms with Gasteiger partial charge in [-0.25, -0.2) is 4.99 Å². The Morgan fingerprint density at radius 1 is 0.686 bits per heavy atom. The first kappa shape index (κ1) is 23.3. The molecule has 176 valence electrons. The van der Waals surface area contributed by atoms with Crippen molar-refractivity contribution in [2.75, 3.05) is 6.61 Å². The van der Waals surface area contributed by atoms with Crippen LogP contribution in [-0.4, -0.2) is 18.5 Å². The fourth-order valence-corrected chi connectivity index (χ4v) is 7.42. The molecular formula is C31H30NO2P. The number of benzene rings is 4. The van der Waals surface area contributed by atoms with Crippen LogP contribution in [0, 0.1) is 5.41 Å². The Balaban J connectivity index is 1.72. The van der Waals surface area contributed by atoms with Gasteiger partial charge in [-0.15, -0.1) is 0 Å². The molecule has 35 heavy (non-hydrogen) atoms. The molecule has 1 heterocycles. The molecule has 1 atom stereocenters. The van der Waals surface area contributed by atoms with Crippen molar-refractivity contribution in [2.24, 2.45) is 10.4 Å². The van der Waals surface area contributed by atoms with Gasteiger partial charge in [0.2, 0.25) is 5.90 Å². The minimum atomic E-state index is -3.15. The summed E-state index contributed by atoms with van der Waals surface area (Å²) >= 11 is 0. The molecule has 0 aromatic heterocycles. The fraction of sp³-hybridized carbons (Fsp3) is 0.194. The first-order chi connectivity index (χ1) is 16.9. The molecule has 0 unspecified atom stereocenters. The van der Waals surface area contributed by atoms with Crippen LogP contribution in [-0.2, 0) is 9.30 Å². The Bertz CT molecular complexity index is 1360. The van der Waals surface area contributed by atoms with Gasteiger partial charge in [-0.2, -0.15) is 0 Å². The van der Waals surface area contributed by atoms with Gasteiger partial charge in [-0.1, -0.05) is 124 Å². The average molecular weight is 480 g/mol. The molecule has 0 radical (unpaired) electrons. The Kier molecular flexibility index (Phi) is 6.21. The van der Waals surface area contributed by atoms with Gasteiger partial charge in [-0.3, -0.25) is 0 Å². The maximum absolute atomic E-state index is 15.2. The van der Waals surface area contributed by atoms with Gasteiger partial charge in [0.25, 0.3) is 0 Å². The fourth-order valence-electron chi connectivity index (χ4n) is 4.55. The minimum absolute atomic E-state index is 0.0188. The Hall–Kier alpha value is -3.42. The van der Waals surface area contributed by atoms with Crippen LogP contribution in [0.15, 0.2) is 114 Å². The van der Waals surface area contributed by atoms with E-state index in [0.29, 0.717) is 12.5 Å². The molecule has 0 spiro atoms. The first-order valence-electron chi connectivity index (χ1n) is 12.0. The summed E-state index contributed by atoms with van der Waals surface area (Å²) in [5.74, 6) is 0.657. The number of nitrogens with zero attached hydrogens (tertiary/aromatic N) is 1. The third-order valence-corrected chi connectivity index (χ3v) is 9.70. The summed E-state index contributed by atoms with van der Waals surface area (Å²) in [6, 6.07) is 35.9. The normalized spacial score (nSPS) is 16.0. The van der Waals surface area contributed by atoms with Crippen LogP contribution in [0.5, 0.6) is 0 Å². The van der Waals surface area contributed by atoms with Crippen molar-refractivity contribution in [3.05, 3.63) is 115 Å². The zero-order valence-corrected chi connectivity index (χ0v) is 21.3. The van der Waals surface area contributed by atoms with E-state index in [9.17, 15) is 0 Å². The Morgan fingerprint density at radius 3 is 1.71 bits per heavy atom. The molecule has 0 N–H and O–H groups in total. The third-order valence-electron chi connectivity index (χ3n) is 6.58. The van der Waals surface area contributed by atoms with Crippen molar-refractivity contribution in [3.8, 4) is 11.1 Å². The summed E-state index contributed by atoms with van der Waals surface area (Å²) in [7, 11) is -3.15. The van der Waals surface area contributed by atoms with E-state index >= 15 is 4.57 Å². The van der Waals surface area contributed by atoms with Gasteiger partial charge in [0.1, 0.15) is 6.61 Å². The molecule has 0 amide bonds. The van der Waals surface area contributed by atoms with Crippen LogP contribution in [0.1, 0.15) is 26.3 Å². The van der Waals surface area contributed by atoms with E-state index in [4.69, 9.17) is 9.73 Å². The SMILES string of the molecule is CC(C)(C)[C@H]1COC(c2ccccc2-c2ccccc2P(=O)(c2ccccc2)c2ccccc2)=N1. The third kappa shape index (κ3) is 4.37. The molecule has 3 nitrogen and oxygen atoms in total. The zero-order valence-electron chi connectivity index (χ0n) is 20.4. The number of rotatable bonds is 5. The number of hydrogen-bond donors (Lipinski definition) is 0. The minimum Gasteiger partial charge on any atom is -0.475 e. The van der Waals surface area contributed by atoms with E-state index < -0.39 is 7.14 Å². The van der Waals surface area contributed by atoms with Crippen molar-refractivity contribution in [1.82, 2.24) is 0 Å². The van der Waals surface area contributed by atoms with Crippen molar-refractivity contribution < 1.29 is 9.30 Å². The molecule has 4 aromatic carbocycles. The van der Waals surface area contributed by atoms with Crippen molar-refractivity contribution >= 4 is 29.0 Å². The second-order valence-corrected chi connectivity index (χ2v) is 12.7. The van der Waals surface area contributed by atoms with Gasteiger partial charge < -0.3 is 9.30 Å². The number of aliphatic imine (C=N–C) groups is 1. The van der Waals surface area contributed by atoms with Crippen LogP contribution in [0.2, 0.25) is 0 Å². The second-order valence-electron chi connectivity index (χ2n) is 9.97. The maximum atomic E-state index is 15.2. The molecule has 4 aromatic rings. The lowest BCUT2D eigenvalue weighted by Crippen LogP contribution is -2.26. The lowest BCUT2D eigenvalue weighted by atomic mass is 9.88. The Morgan fingerprint density at radius 2 is 1.17 bits per heavy atom. The monoisotopic (exact) mass is 479 g/mol. The summed E-state index contributed by atoms with van der Waals surface area (Å²) in [6.07, 6.45) is 0. The lowest BCUT2D eigenvalue weighted by molar-refractivity contribution is 0.236. The molecule has 0 fully saturated rings. The number of hydrogen-bond acceptors (Lipinski definition) is 3. The summed E-state index contributed by atoms with van der Waals surface area (Å²) in [4.78, 5) is 4.95. The summed E-state index contributed by atoms with van der Waals surface area (Å²) in [5, 5.41) is 2.45. The summed E-state index contributed by atoms with van der Waals surface area (Å²) in [5.41, 5.74) is 2.86. The lowest BCUT2D eigenvalue weighted by Gasteiger charge is -2.23. The highest BCUT2D eigenvalue weighted by atomic mass is 31.2. The van der Waals surface area contributed by atoms with Gasteiger partial charge in [-0.05, 0) is 22.6 Å². The van der Waals surface area contributed by atoms with Crippen molar-refractivity contribution in [2.45, 2.75) is 26.8 Å². The van der Waals surface area contributed by atoms with E-state index in [1.54, 1.807) is 0 Å². The smallest absolute Gasteiger partial charge is 0.217 e. The quantitative estimate of drug-likeness (QED) is 0.321. The van der Waals surface area contributed by atoms with Crippen molar-refractivity contribution in [3.63, 3.8) is 0 Å². The highest BCUT2D eigenvalue weighted by Crippen LogP contribution is 2.45. The van der Waals surface area contributed by atoms with Crippen LogP contribution in [0.3, 0.4) is 0 Å². The molecule has 1 aliphatic heterocycles. The van der Waals surface area contributed by atoms with Gasteiger partial charge in [0, 0.05) is 21.5 Å². The van der Waals surface area contributed by atoms with Crippen LogP contribution < -0.4 is 15.9 Å². The average Bonchev–Trinajstić information content (AvgIpc) is 3.40. The highest BCUT2D eigenvalue weighted by Gasteiger charge is 2.34. The predicted molar refractivity (Wildman–Crippen MR) is 147 cm³/mol. The van der Waals surface area contributed by atoms with E-state index in [2.05, 4.69) is 32.9 Å². The molecule has 1 aliphatic rings. The molecule has 0 saturated carbocycles. The molecule has 5 rings (SSSR count). The predicted octanol–water partition coefficient (Wildman–Crippen LogP) is 6.18. The van der Waals surface area contributed by atoms with Crippen LogP contribution >= 0.6 is 7.14 Å². The largest absolute Gasteiger partial charge is 0.475 e. The van der Waals surface area contributed by atoms with Crippen LogP contribution in [0.25, 0.3) is 11.1 Å². The van der Waals surface area contributed by atoms with Gasteiger partial charge >= 0.3 is 0 Å². The molecule has 4 heteroatoms. The standard InChI is InChI=1S/C31H30NO2P/c1-31(2,3)29-22-34-30(32-29)27-20-11-10-18-25(27)26-19-12-13-21-28(26)35(33,23-14-6-4-7-15-23)24-16-8-5-9-17-24/h4-21,29H,22H2,1-3H3/t29-/m1/s1. The van der Waals surface area contributed by atoms with E-state index in [1.165, 1.54) is 0 Å².